The van der Waals surface area contributed by atoms with Crippen molar-refractivity contribution in [3.05, 3.63) is 64.2 Å². The van der Waals surface area contributed by atoms with E-state index in [2.05, 4.69) is 5.32 Å². The Kier molecular flexibility index (Phi) is 5.73. The van der Waals surface area contributed by atoms with Gasteiger partial charge in [0.25, 0.3) is 11.6 Å². The van der Waals surface area contributed by atoms with E-state index in [0.717, 1.165) is 0 Å². The number of nitro benzene ring substituents is 1. The van der Waals surface area contributed by atoms with E-state index in [1.807, 2.05) is 0 Å². The van der Waals surface area contributed by atoms with E-state index in [0.29, 0.717) is 11.5 Å². The number of hydrogen-bond acceptors (Lipinski definition) is 5. The zero-order valence-corrected chi connectivity index (χ0v) is 13.4. The van der Waals surface area contributed by atoms with Crippen LogP contribution in [0.4, 0.5) is 5.69 Å². The summed E-state index contributed by atoms with van der Waals surface area (Å²) in [5.41, 5.74) is -0.202. The molecule has 0 aliphatic carbocycles. The van der Waals surface area contributed by atoms with Crippen molar-refractivity contribution < 1.29 is 19.2 Å². The van der Waals surface area contributed by atoms with Gasteiger partial charge in [0.15, 0.2) is 0 Å². The predicted octanol–water partition coefficient (Wildman–Crippen LogP) is 2.80. The van der Waals surface area contributed by atoms with Crippen LogP contribution in [0.1, 0.15) is 17.3 Å². The Morgan fingerprint density at radius 2 is 1.92 bits per heavy atom. The van der Waals surface area contributed by atoms with Crippen molar-refractivity contribution in [2.45, 2.75) is 13.0 Å². The minimum Gasteiger partial charge on any atom is -0.497 e. The van der Waals surface area contributed by atoms with Gasteiger partial charge in [-0.15, -0.1) is 0 Å². The standard InChI is InChI=1S/C17H18N2O5/c1-12(11-24-14-7-5-6-13(10-14)23-2)18-17(20)15-8-3-4-9-16(15)19(21)22/h3-10,12H,11H2,1-2H3,(H,18,20). The number of rotatable bonds is 7. The van der Waals surface area contributed by atoms with Gasteiger partial charge in [-0.2, -0.15) is 0 Å². The van der Waals surface area contributed by atoms with Crippen molar-refractivity contribution >= 4 is 11.6 Å². The molecular weight excluding hydrogens is 312 g/mol. The van der Waals surface area contributed by atoms with Crippen LogP contribution in [0, 0.1) is 10.1 Å². The van der Waals surface area contributed by atoms with Gasteiger partial charge in [0.2, 0.25) is 0 Å². The monoisotopic (exact) mass is 330 g/mol. The minimum atomic E-state index is -0.577. The second-order valence-electron chi connectivity index (χ2n) is 5.14. The van der Waals surface area contributed by atoms with Gasteiger partial charge < -0.3 is 14.8 Å². The fourth-order valence-electron chi connectivity index (χ4n) is 2.08. The zero-order valence-electron chi connectivity index (χ0n) is 13.4. The summed E-state index contributed by atoms with van der Waals surface area (Å²) < 4.78 is 10.7. The molecule has 1 amide bonds. The largest absolute Gasteiger partial charge is 0.497 e. The first-order valence-electron chi connectivity index (χ1n) is 7.32. The number of nitrogens with zero attached hydrogens (tertiary/aromatic N) is 1. The molecule has 2 aromatic carbocycles. The maximum atomic E-state index is 12.2. The second-order valence-corrected chi connectivity index (χ2v) is 5.14. The number of nitro groups is 1. The molecule has 0 spiro atoms. The van der Waals surface area contributed by atoms with Gasteiger partial charge in [0, 0.05) is 12.1 Å². The third kappa shape index (κ3) is 4.45. The molecule has 2 aromatic rings. The highest BCUT2D eigenvalue weighted by Crippen LogP contribution is 2.19. The number of ether oxygens (including phenoxy) is 2. The number of para-hydroxylation sites is 1. The topological polar surface area (TPSA) is 90.7 Å². The highest BCUT2D eigenvalue weighted by atomic mass is 16.6. The summed E-state index contributed by atoms with van der Waals surface area (Å²) in [6, 6.07) is 12.6. The molecule has 0 saturated carbocycles. The van der Waals surface area contributed by atoms with E-state index < -0.39 is 10.8 Å². The van der Waals surface area contributed by atoms with Gasteiger partial charge in [-0.25, -0.2) is 0 Å². The SMILES string of the molecule is COc1cccc(OCC(C)NC(=O)c2ccccc2[N+](=O)[O-])c1. The maximum absolute atomic E-state index is 12.2. The van der Waals surface area contributed by atoms with E-state index in [1.165, 1.54) is 18.2 Å². The molecule has 1 unspecified atom stereocenters. The smallest absolute Gasteiger partial charge is 0.282 e. The molecular formula is C17H18N2O5. The average Bonchev–Trinajstić information content (AvgIpc) is 2.60. The van der Waals surface area contributed by atoms with Gasteiger partial charge in [-0.05, 0) is 25.1 Å². The quantitative estimate of drug-likeness (QED) is 0.622. The van der Waals surface area contributed by atoms with Gasteiger partial charge in [0.05, 0.1) is 18.1 Å². The van der Waals surface area contributed by atoms with E-state index in [9.17, 15) is 14.9 Å². The Morgan fingerprint density at radius 1 is 1.21 bits per heavy atom. The van der Waals surface area contributed by atoms with Crippen molar-refractivity contribution in [1.29, 1.82) is 0 Å². The molecule has 1 N–H and O–H groups in total. The van der Waals surface area contributed by atoms with Crippen molar-refractivity contribution in [3.63, 3.8) is 0 Å². The molecule has 126 valence electrons. The Hall–Kier alpha value is -3.09. The highest BCUT2D eigenvalue weighted by molar-refractivity contribution is 5.98. The summed E-state index contributed by atoms with van der Waals surface area (Å²) in [6.45, 7) is 1.98. The number of nitrogens with one attached hydrogen (secondary N) is 1. The fraction of sp³-hybridized carbons (Fsp3) is 0.235. The molecule has 7 heteroatoms. The van der Waals surface area contributed by atoms with Crippen LogP contribution in [0.2, 0.25) is 0 Å². The molecule has 24 heavy (non-hydrogen) atoms. The van der Waals surface area contributed by atoms with E-state index in [-0.39, 0.29) is 23.9 Å². The molecule has 0 aliphatic rings. The van der Waals surface area contributed by atoms with Gasteiger partial charge in [0.1, 0.15) is 23.7 Å². The average molecular weight is 330 g/mol. The summed E-state index contributed by atoms with van der Waals surface area (Å²) in [6.07, 6.45) is 0. The number of carbonyl (C=O) groups is 1. The lowest BCUT2D eigenvalue weighted by atomic mass is 10.1. The Labute approximate surface area is 139 Å². The Morgan fingerprint density at radius 3 is 2.62 bits per heavy atom. The minimum absolute atomic E-state index is 0.0238. The molecule has 0 bridgehead atoms. The first kappa shape index (κ1) is 17.3. The van der Waals surface area contributed by atoms with Crippen molar-refractivity contribution in [3.8, 4) is 11.5 Å². The van der Waals surface area contributed by atoms with E-state index in [4.69, 9.17) is 9.47 Å². The van der Waals surface area contributed by atoms with Crippen LogP contribution in [0.5, 0.6) is 11.5 Å². The zero-order chi connectivity index (χ0) is 17.5. The lowest BCUT2D eigenvalue weighted by Crippen LogP contribution is -2.37. The van der Waals surface area contributed by atoms with Crippen LogP contribution in [-0.4, -0.2) is 30.6 Å². The molecule has 2 rings (SSSR count). The lowest BCUT2D eigenvalue weighted by Gasteiger charge is -2.15. The summed E-state index contributed by atoms with van der Waals surface area (Å²) >= 11 is 0. The third-order valence-corrected chi connectivity index (χ3v) is 3.26. The van der Waals surface area contributed by atoms with Gasteiger partial charge in [-0.1, -0.05) is 18.2 Å². The Bertz CT molecular complexity index is 732. The predicted molar refractivity (Wildman–Crippen MR) is 88.5 cm³/mol. The van der Waals surface area contributed by atoms with Crippen LogP contribution >= 0.6 is 0 Å². The molecule has 0 aromatic heterocycles. The van der Waals surface area contributed by atoms with Crippen LogP contribution in [0.25, 0.3) is 0 Å². The summed E-state index contributed by atoms with van der Waals surface area (Å²) in [4.78, 5) is 22.6. The molecule has 0 aliphatic heterocycles. The molecule has 0 heterocycles. The lowest BCUT2D eigenvalue weighted by molar-refractivity contribution is -0.385. The highest BCUT2D eigenvalue weighted by Gasteiger charge is 2.20. The number of methoxy groups -OCH3 is 1. The second kappa shape index (κ2) is 7.96. The maximum Gasteiger partial charge on any atom is 0.282 e. The van der Waals surface area contributed by atoms with Crippen LogP contribution in [0.3, 0.4) is 0 Å². The first-order chi connectivity index (χ1) is 11.5. The molecule has 0 fully saturated rings. The van der Waals surface area contributed by atoms with Crippen LogP contribution in [0.15, 0.2) is 48.5 Å². The molecule has 1 atom stereocenters. The van der Waals surface area contributed by atoms with E-state index in [1.54, 1.807) is 44.4 Å². The number of hydrogen-bond donors (Lipinski definition) is 1. The van der Waals surface area contributed by atoms with E-state index >= 15 is 0 Å². The summed E-state index contributed by atoms with van der Waals surface area (Å²) in [5.74, 6) is 0.772. The Balaban J connectivity index is 1.96. The molecule has 7 nitrogen and oxygen atoms in total. The van der Waals surface area contributed by atoms with Gasteiger partial charge >= 0.3 is 0 Å². The summed E-state index contributed by atoms with van der Waals surface area (Å²) in [7, 11) is 1.56. The fourth-order valence-corrected chi connectivity index (χ4v) is 2.08. The van der Waals surface area contributed by atoms with Crippen LogP contribution < -0.4 is 14.8 Å². The third-order valence-electron chi connectivity index (χ3n) is 3.26. The van der Waals surface area contributed by atoms with Crippen molar-refractivity contribution in [2.24, 2.45) is 0 Å². The van der Waals surface area contributed by atoms with Gasteiger partial charge in [-0.3, -0.25) is 14.9 Å². The number of amides is 1. The van der Waals surface area contributed by atoms with Crippen LogP contribution in [-0.2, 0) is 0 Å². The first-order valence-corrected chi connectivity index (χ1v) is 7.32. The molecule has 0 radical (unpaired) electrons. The summed E-state index contributed by atoms with van der Waals surface area (Å²) in [5, 5.41) is 13.7. The normalized spacial score (nSPS) is 11.4. The van der Waals surface area contributed by atoms with Crippen molar-refractivity contribution in [2.75, 3.05) is 13.7 Å². The van der Waals surface area contributed by atoms with Crippen molar-refractivity contribution in [1.82, 2.24) is 5.32 Å². The number of benzene rings is 2. The molecule has 0 saturated heterocycles. The number of carbonyl (C=O) groups excluding carboxylic acids is 1.